The largest absolute Gasteiger partial charge is 0.350 e. The lowest BCUT2D eigenvalue weighted by molar-refractivity contribution is 0.0929. The van der Waals surface area contributed by atoms with Crippen molar-refractivity contribution in [2.45, 2.75) is 32.6 Å². The van der Waals surface area contributed by atoms with Gasteiger partial charge in [0.05, 0.1) is 12.4 Å². The van der Waals surface area contributed by atoms with Crippen molar-refractivity contribution in [2.75, 3.05) is 6.54 Å². The Balaban J connectivity index is 1.93. The molecule has 1 aliphatic carbocycles. The molecule has 1 saturated carbocycles. The number of nitrogens with zero attached hydrogens (tertiary/aromatic N) is 2. The number of carbonyl (C=O) groups is 1. The highest BCUT2D eigenvalue weighted by Gasteiger charge is 2.29. The third kappa shape index (κ3) is 3.16. The second kappa shape index (κ2) is 5.00. The van der Waals surface area contributed by atoms with Gasteiger partial charge in [-0.15, -0.1) is 0 Å². The summed E-state index contributed by atoms with van der Waals surface area (Å²) in [7, 11) is 0. The molecule has 1 heterocycles. The van der Waals surface area contributed by atoms with Gasteiger partial charge in [-0.2, -0.15) is 0 Å². The van der Waals surface area contributed by atoms with Crippen LogP contribution in [0.4, 0.5) is 0 Å². The maximum absolute atomic E-state index is 11.8. The lowest BCUT2D eigenvalue weighted by Crippen LogP contribution is -2.34. The summed E-state index contributed by atoms with van der Waals surface area (Å²) in [4.78, 5) is 19.6. The van der Waals surface area contributed by atoms with Crippen LogP contribution in [0.1, 0.15) is 43.1 Å². The summed E-state index contributed by atoms with van der Waals surface area (Å²) in [5.41, 5.74) is 0.515. The average Bonchev–Trinajstić information content (AvgIpc) is 2.74. The number of rotatable bonds is 3. The molecule has 17 heavy (non-hydrogen) atoms. The molecular formula is C12H16ClN3O. The number of aromatic nitrogens is 2. The van der Waals surface area contributed by atoms with Crippen molar-refractivity contribution >= 4 is 17.5 Å². The van der Waals surface area contributed by atoms with E-state index in [4.69, 9.17) is 11.6 Å². The first kappa shape index (κ1) is 12.3. The Morgan fingerprint density at radius 2 is 2.18 bits per heavy atom. The third-order valence-electron chi connectivity index (χ3n) is 3.32. The second-order valence-corrected chi connectivity index (χ2v) is 5.31. The summed E-state index contributed by atoms with van der Waals surface area (Å²) in [6.45, 7) is 2.91. The molecule has 1 fully saturated rings. The fourth-order valence-corrected chi connectivity index (χ4v) is 2.39. The van der Waals surface area contributed by atoms with Crippen LogP contribution in [0.15, 0.2) is 12.4 Å². The van der Waals surface area contributed by atoms with Crippen LogP contribution < -0.4 is 5.32 Å². The van der Waals surface area contributed by atoms with Crippen molar-refractivity contribution in [3.05, 3.63) is 23.2 Å². The Kier molecular flexibility index (Phi) is 3.62. The van der Waals surface area contributed by atoms with Crippen LogP contribution >= 0.6 is 11.6 Å². The molecule has 1 aromatic rings. The Hall–Kier alpha value is -1.16. The van der Waals surface area contributed by atoms with Gasteiger partial charge < -0.3 is 5.32 Å². The number of amides is 1. The first-order chi connectivity index (χ1) is 8.09. The zero-order valence-electron chi connectivity index (χ0n) is 9.87. The van der Waals surface area contributed by atoms with Crippen LogP contribution in [-0.2, 0) is 0 Å². The molecule has 0 aromatic carbocycles. The van der Waals surface area contributed by atoms with Gasteiger partial charge in [0.2, 0.25) is 0 Å². The monoisotopic (exact) mass is 253 g/mol. The molecule has 1 aliphatic rings. The predicted molar refractivity (Wildman–Crippen MR) is 66.0 cm³/mol. The minimum atomic E-state index is -0.201. The molecular weight excluding hydrogens is 238 g/mol. The van der Waals surface area contributed by atoms with Gasteiger partial charge in [0.25, 0.3) is 5.91 Å². The average molecular weight is 254 g/mol. The molecule has 0 saturated heterocycles. The molecule has 4 nitrogen and oxygen atoms in total. The zero-order chi connectivity index (χ0) is 12.3. The molecule has 5 heteroatoms. The Bertz CT molecular complexity index is 416. The van der Waals surface area contributed by atoms with E-state index in [2.05, 4.69) is 22.2 Å². The summed E-state index contributed by atoms with van der Waals surface area (Å²) < 4.78 is 0. The summed E-state index contributed by atoms with van der Waals surface area (Å²) in [6, 6.07) is 0. The topological polar surface area (TPSA) is 54.9 Å². The number of hydrogen-bond donors (Lipinski definition) is 1. The van der Waals surface area contributed by atoms with Crippen molar-refractivity contribution in [3.63, 3.8) is 0 Å². The Morgan fingerprint density at radius 3 is 2.82 bits per heavy atom. The van der Waals surface area contributed by atoms with Crippen LogP contribution in [0.25, 0.3) is 0 Å². The maximum atomic E-state index is 11.8. The van der Waals surface area contributed by atoms with Crippen LogP contribution in [0.2, 0.25) is 5.15 Å². The molecule has 0 atom stereocenters. The van der Waals surface area contributed by atoms with Crippen molar-refractivity contribution in [1.29, 1.82) is 0 Å². The summed E-state index contributed by atoms with van der Waals surface area (Å²) in [6.07, 6.45) is 7.70. The lowest BCUT2D eigenvalue weighted by Gasteiger charge is -2.23. The standard InChI is InChI=1S/C12H16ClN3O/c1-12(4-2-3-5-12)8-15-11(17)9-6-14-7-10(13)16-9/h6-7H,2-5,8H2,1H3,(H,15,17). The fraction of sp³-hybridized carbons (Fsp3) is 0.583. The lowest BCUT2D eigenvalue weighted by atomic mass is 9.89. The van der Waals surface area contributed by atoms with Gasteiger partial charge in [0.15, 0.2) is 0 Å². The molecule has 92 valence electrons. The molecule has 1 aromatic heterocycles. The van der Waals surface area contributed by atoms with E-state index in [-0.39, 0.29) is 22.2 Å². The minimum absolute atomic E-state index is 0.201. The van der Waals surface area contributed by atoms with Crippen LogP contribution in [0.3, 0.4) is 0 Å². The normalized spacial score (nSPS) is 18.0. The molecule has 0 spiro atoms. The summed E-state index contributed by atoms with van der Waals surface area (Å²) in [5, 5.41) is 3.15. The molecule has 0 aliphatic heterocycles. The molecule has 1 N–H and O–H groups in total. The van der Waals surface area contributed by atoms with E-state index < -0.39 is 0 Å². The van der Waals surface area contributed by atoms with Crippen LogP contribution in [0, 0.1) is 5.41 Å². The zero-order valence-corrected chi connectivity index (χ0v) is 10.6. The smallest absolute Gasteiger partial charge is 0.271 e. The van der Waals surface area contributed by atoms with E-state index >= 15 is 0 Å². The number of nitrogens with one attached hydrogen (secondary N) is 1. The second-order valence-electron chi connectivity index (χ2n) is 4.93. The van der Waals surface area contributed by atoms with Gasteiger partial charge in [-0.1, -0.05) is 31.4 Å². The van der Waals surface area contributed by atoms with E-state index in [9.17, 15) is 4.79 Å². The van der Waals surface area contributed by atoms with Crippen LogP contribution in [0.5, 0.6) is 0 Å². The van der Waals surface area contributed by atoms with E-state index in [1.165, 1.54) is 38.1 Å². The van der Waals surface area contributed by atoms with Gasteiger partial charge >= 0.3 is 0 Å². The predicted octanol–water partition coefficient (Wildman–Crippen LogP) is 2.44. The number of carbonyl (C=O) groups excluding carboxylic acids is 1. The van der Waals surface area contributed by atoms with Gasteiger partial charge in [0, 0.05) is 6.54 Å². The molecule has 1 amide bonds. The first-order valence-corrected chi connectivity index (χ1v) is 6.23. The third-order valence-corrected chi connectivity index (χ3v) is 3.51. The highest BCUT2D eigenvalue weighted by Crippen LogP contribution is 2.36. The minimum Gasteiger partial charge on any atom is -0.350 e. The molecule has 0 bridgehead atoms. The van der Waals surface area contributed by atoms with E-state index in [1.807, 2.05) is 0 Å². The van der Waals surface area contributed by atoms with E-state index in [0.29, 0.717) is 6.54 Å². The Morgan fingerprint density at radius 1 is 1.47 bits per heavy atom. The van der Waals surface area contributed by atoms with E-state index in [0.717, 1.165) is 0 Å². The van der Waals surface area contributed by atoms with Gasteiger partial charge in [-0.05, 0) is 18.3 Å². The van der Waals surface area contributed by atoms with Gasteiger partial charge in [-0.25, -0.2) is 4.98 Å². The van der Waals surface area contributed by atoms with Crippen molar-refractivity contribution in [2.24, 2.45) is 5.41 Å². The van der Waals surface area contributed by atoms with E-state index in [1.54, 1.807) is 0 Å². The molecule has 2 rings (SSSR count). The van der Waals surface area contributed by atoms with Crippen molar-refractivity contribution < 1.29 is 4.79 Å². The summed E-state index contributed by atoms with van der Waals surface area (Å²) >= 11 is 5.69. The first-order valence-electron chi connectivity index (χ1n) is 5.85. The van der Waals surface area contributed by atoms with Gasteiger partial charge in [-0.3, -0.25) is 9.78 Å². The number of hydrogen-bond acceptors (Lipinski definition) is 3. The maximum Gasteiger partial charge on any atom is 0.271 e. The Labute approximate surface area is 106 Å². The van der Waals surface area contributed by atoms with Crippen molar-refractivity contribution in [1.82, 2.24) is 15.3 Å². The quantitative estimate of drug-likeness (QED) is 0.900. The highest BCUT2D eigenvalue weighted by atomic mass is 35.5. The van der Waals surface area contributed by atoms with Gasteiger partial charge in [0.1, 0.15) is 10.8 Å². The number of halogens is 1. The fourth-order valence-electron chi connectivity index (χ4n) is 2.24. The molecule has 0 unspecified atom stereocenters. The summed E-state index contributed by atoms with van der Waals surface area (Å²) in [5.74, 6) is -0.201. The van der Waals surface area contributed by atoms with Crippen LogP contribution in [-0.4, -0.2) is 22.4 Å². The molecule has 0 radical (unpaired) electrons. The van der Waals surface area contributed by atoms with Crippen molar-refractivity contribution in [3.8, 4) is 0 Å². The highest BCUT2D eigenvalue weighted by molar-refractivity contribution is 6.29. The SMILES string of the molecule is CC1(CNC(=O)c2cncc(Cl)n2)CCCC1.